The molecule has 2 amide bonds. The highest BCUT2D eigenvalue weighted by Gasteiger charge is 2.34. The highest BCUT2D eigenvalue weighted by atomic mass is 127. The van der Waals surface area contributed by atoms with E-state index in [1.54, 1.807) is 0 Å². The first-order valence-corrected chi connectivity index (χ1v) is 26.1. The summed E-state index contributed by atoms with van der Waals surface area (Å²) in [5, 5.41) is 80.8. The number of nitrogens with zero attached hydrogens (tertiary/aromatic N) is 2. The normalized spacial score (nSPS) is 13.9. The Morgan fingerprint density at radius 2 is 0.774 bits per heavy atom. The van der Waals surface area contributed by atoms with Crippen LogP contribution in [0.4, 0.5) is 11.4 Å². The number of anilines is 2. The van der Waals surface area contributed by atoms with Crippen molar-refractivity contribution in [2.24, 2.45) is 0 Å². The molecule has 0 aliphatic rings. The minimum absolute atomic E-state index is 0.00839. The average Bonchev–Trinajstić information content (AvgIpc) is 3.21. The number of carbonyl (C=O) groups is 4. The van der Waals surface area contributed by atoms with Crippen molar-refractivity contribution in [3.05, 3.63) is 56.8 Å². The van der Waals surface area contributed by atoms with Crippen LogP contribution >= 0.6 is 136 Å². The van der Waals surface area contributed by atoms with E-state index in [-0.39, 0.29) is 74.3 Å². The Morgan fingerprint density at radius 3 is 1.06 bits per heavy atom. The molecule has 0 saturated heterocycles. The summed E-state index contributed by atoms with van der Waals surface area (Å²) < 4.78 is 2.95. The van der Waals surface area contributed by atoms with Crippen LogP contribution in [0.3, 0.4) is 0 Å². The number of halogens is 6. The smallest absolute Gasteiger partial charge is 0.224 e. The molecular weight excluding hydrogens is 1490 g/mol. The summed E-state index contributed by atoms with van der Waals surface area (Å²) in [6.07, 6.45) is -3.83. The molecule has 0 aliphatic heterocycles. The quantitative estimate of drug-likeness (QED) is 0.0376. The molecule has 0 aromatic heterocycles. The Balaban J connectivity index is 2.84. The van der Waals surface area contributed by atoms with Crippen molar-refractivity contribution in [3.63, 3.8) is 0 Å². The van der Waals surface area contributed by atoms with Crippen LogP contribution in [0.2, 0.25) is 0 Å². The van der Waals surface area contributed by atoms with E-state index >= 15 is 0 Å². The van der Waals surface area contributed by atoms with Crippen LogP contribution in [-0.4, -0.2) is 128 Å². The minimum Gasteiger partial charge on any atom is -0.394 e. The SMILES string of the molecule is C=C(CCC(O)CC)c1c(I)c(C(=O)CCC(O)CO)c(I)c(N(CC(O)CN(C(C)=O)c2c(I)c(C(=C)CCC(O)CO)c(I)c(C(=O)CCC(O)CO)c2I)C(C)=O)c1I. The van der Waals surface area contributed by atoms with Gasteiger partial charge in [-0.1, -0.05) is 20.1 Å². The largest absolute Gasteiger partial charge is 0.394 e. The second-order valence-corrected chi connectivity index (χ2v) is 21.2. The molecule has 0 spiro atoms. The average molecular weight is 1540 g/mol. The molecule has 2 rings (SSSR count). The van der Waals surface area contributed by atoms with Crippen LogP contribution in [0.25, 0.3) is 11.1 Å². The molecule has 2 aromatic carbocycles. The summed E-state index contributed by atoms with van der Waals surface area (Å²) in [5.74, 6) is -1.70. The third kappa shape index (κ3) is 15.7. The number of benzene rings is 2. The van der Waals surface area contributed by atoms with E-state index in [1.807, 2.05) is 74.7 Å². The van der Waals surface area contributed by atoms with Gasteiger partial charge in [0.2, 0.25) is 11.8 Å². The Morgan fingerprint density at radius 1 is 0.484 bits per heavy atom. The van der Waals surface area contributed by atoms with Gasteiger partial charge in [0.05, 0.1) is 74.8 Å². The summed E-state index contributed by atoms with van der Waals surface area (Å²) in [7, 11) is 0. The first-order valence-electron chi connectivity index (χ1n) is 19.6. The van der Waals surface area contributed by atoms with Gasteiger partial charge in [-0.3, -0.25) is 19.2 Å². The highest BCUT2D eigenvalue weighted by Crippen LogP contribution is 2.44. The standard InChI is InChI=1S/C42H54I6N2O12/c1-6-24(56)9-7-20(2)31-35(43)33(29(61)13-11-26(58)18-52)39(47)41(37(31)45)49(22(4)54)15-28(60)16-50(23(5)55)42-38(46)32(21(3)8-10-25(57)17-51)36(44)34(40(42)48)30(62)14-12-27(59)19-53/h24-28,51-53,56-60H,2-3,6-19H2,1,4-5H3. The number of hydrogen-bond acceptors (Lipinski definition) is 12. The number of Topliss-reactive ketones (excluding diaryl/α,β-unsaturated/α-hetero) is 2. The van der Waals surface area contributed by atoms with E-state index in [0.29, 0.717) is 74.3 Å². The molecule has 346 valence electrons. The molecule has 5 atom stereocenters. The molecule has 0 fully saturated rings. The summed E-state index contributed by atoms with van der Waals surface area (Å²) >= 11 is 12.2. The second-order valence-electron chi connectivity index (χ2n) is 14.8. The van der Waals surface area contributed by atoms with Gasteiger partial charge in [-0.25, -0.2) is 0 Å². The topological polar surface area (TPSA) is 237 Å². The number of aliphatic hydroxyl groups excluding tert-OH is 8. The van der Waals surface area contributed by atoms with Crippen LogP contribution in [0.15, 0.2) is 13.2 Å². The number of hydrogen-bond donors (Lipinski definition) is 8. The second kappa shape index (κ2) is 27.9. The van der Waals surface area contributed by atoms with E-state index < -0.39 is 62.2 Å². The third-order valence-electron chi connectivity index (χ3n) is 10.0. The molecule has 62 heavy (non-hydrogen) atoms. The van der Waals surface area contributed by atoms with Crippen LogP contribution in [0.5, 0.6) is 0 Å². The fourth-order valence-corrected chi connectivity index (χ4v) is 16.6. The van der Waals surface area contributed by atoms with Crippen molar-refractivity contribution < 1.29 is 60.0 Å². The fraction of sp³-hybridized carbons (Fsp3) is 0.524. The van der Waals surface area contributed by atoms with Gasteiger partial charge in [0.15, 0.2) is 11.6 Å². The highest BCUT2D eigenvalue weighted by molar-refractivity contribution is 14.1. The van der Waals surface area contributed by atoms with Crippen LogP contribution < -0.4 is 9.80 Å². The van der Waals surface area contributed by atoms with Gasteiger partial charge in [-0.15, -0.1) is 0 Å². The third-order valence-corrected chi connectivity index (χ3v) is 16.4. The van der Waals surface area contributed by atoms with Gasteiger partial charge in [0.25, 0.3) is 0 Å². The molecule has 0 bridgehead atoms. The number of allylic oxidation sites excluding steroid dienone is 2. The first-order chi connectivity index (χ1) is 29.0. The molecule has 2 aromatic rings. The lowest BCUT2D eigenvalue weighted by atomic mass is 9.95. The van der Waals surface area contributed by atoms with Gasteiger partial charge in [0.1, 0.15) is 0 Å². The maximum absolute atomic E-state index is 13.9. The number of carbonyl (C=O) groups excluding carboxylic acids is 4. The van der Waals surface area contributed by atoms with Crippen molar-refractivity contribution in [1.29, 1.82) is 0 Å². The molecule has 0 radical (unpaired) electrons. The van der Waals surface area contributed by atoms with E-state index in [9.17, 15) is 60.0 Å². The van der Waals surface area contributed by atoms with E-state index in [4.69, 9.17) is 0 Å². The zero-order valence-electron chi connectivity index (χ0n) is 34.6. The number of rotatable bonds is 26. The number of amides is 2. The molecule has 8 N–H and O–H groups in total. The van der Waals surface area contributed by atoms with E-state index in [1.165, 1.54) is 23.6 Å². The fourth-order valence-electron chi connectivity index (χ4n) is 6.38. The lowest BCUT2D eigenvalue weighted by Crippen LogP contribution is -2.45. The van der Waals surface area contributed by atoms with Crippen molar-refractivity contribution in [3.8, 4) is 0 Å². The minimum atomic E-state index is -1.41. The molecule has 0 heterocycles. The van der Waals surface area contributed by atoms with Gasteiger partial charge in [-0.2, -0.15) is 0 Å². The number of ketones is 2. The Labute approximate surface area is 444 Å². The molecule has 20 heteroatoms. The van der Waals surface area contributed by atoms with Gasteiger partial charge in [-0.05, 0) is 192 Å². The first kappa shape index (κ1) is 58.4. The van der Waals surface area contributed by atoms with Crippen LogP contribution in [0, 0.1) is 21.4 Å². The van der Waals surface area contributed by atoms with E-state index in [2.05, 4.69) is 80.9 Å². The van der Waals surface area contributed by atoms with Crippen molar-refractivity contribution in [2.45, 2.75) is 109 Å². The molecule has 5 unspecified atom stereocenters. The van der Waals surface area contributed by atoms with Gasteiger partial charge in [0, 0.05) is 70.4 Å². The van der Waals surface area contributed by atoms with Crippen molar-refractivity contribution in [1.82, 2.24) is 0 Å². The summed E-state index contributed by atoms with van der Waals surface area (Å²) in [5.41, 5.74) is 3.37. The molecule has 14 nitrogen and oxygen atoms in total. The summed E-state index contributed by atoms with van der Waals surface area (Å²) in [6.45, 7) is 10.8. The lowest BCUT2D eigenvalue weighted by molar-refractivity contribution is -0.117. The maximum Gasteiger partial charge on any atom is 0.224 e. The Bertz CT molecular complexity index is 1740. The monoisotopic (exact) mass is 1540 g/mol. The zero-order chi connectivity index (χ0) is 47.3. The summed E-state index contributed by atoms with van der Waals surface area (Å²) in [4.78, 5) is 57.8. The van der Waals surface area contributed by atoms with Gasteiger partial charge >= 0.3 is 0 Å². The molecular formula is C42H54I6N2O12. The lowest BCUT2D eigenvalue weighted by Gasteiger charge is -2.33. The Kier molecular flexibility index (Phi) is 26.3. The predicted molar refractivity (Wildman–Crippen MR) is 290 cm³/mol. The Hall–Kier alpha value is 0.260. The van der Waals surface area contributed by atoms with E-state index in [0.717, 1.165) is 0 Å². The number of aliphatic hydroxyl groups is 8. The maximum atomic E-state index is 13.9. The molecule has 0 aliphatic carbocycles. The van der Waals surface area contributed by atoms with Crippen molar-refractivity contribution in [2.75, 3.05) is 42.7 Å². The molecule has 0 saturated carbocycles. The zero-order valence-corrected chi connectivity index (χ0v) is 47.5. The predicted octanol–water partition coefficient (Wildman–Crippen LogP) is 6.42. The summed E-state index contributed by atoms with van der Waals surface area (Å²) in [6, 6.07) is 0. The van der Waals surface area contributed by atoms with Crippen molar-refractivity contribution >= 4 is 181 Å². The van der Waals surface area contributed by atoms with Crippen LogP contribution in [-0.2, 0) is 9.59 Å². The van der Waals surface area contributed by atoms with Crippen LogP contribution in [0.1, 0.15) is 110 Å². The van der Waals surface area contributed by atoms with Gasteiger partial charge < -0.3 is 50.7 Å².